The van der Waals surface area contributed by atoms with E-state index in [0.717, 1.165) is 12.3 Å². The molecule has 0 aromatic carbocycles. The summed E-state index contributed by atoms with van der Waals surface area (Å²) in [7, 11) is 0. The summed E-state index contributed by atoms with van der Waals surface area (Å²) in [4.78, 5) is 4.11. The van der Waals surface area contributed by atoms with Crippen LogP contribution in [0, 0.1) is 12.8 Å². The van der Waals surface area contributed by atoms with Gasteiger partial charge in [-0.1, -0.05) is 13.8 Å². The molecule has 1 fully saturated rings. The lowest BCUT2D eigenvalue weighted by atomic mass is 10.00. The third-order valence-electron chi connectivity index (χ3n) is 4.24. The quantitative estimate of drug-likeness (QED) is 0.903. The largest absolute Gasteiger partial charge is 0.326 e. The van der Waals surface area contributed by atoms with Crippen LogP contribution in [0.15, 0.2) is 11.4 Å². The molecule has 0 bridgehead atoms. The Bertz CT molecular complexity index is 388. The normalized spacial score (nSPS) is 28.5. The summed E-state index contributed by atoms with van der Waals surface area (Å²) in [6, 6.07) is 3.54. The third kappa shape index (κ3) is 2.63. The lowest BCUT2D eigenvalue weighted by Gasteiger charge is -2.35. The molecule has 2 N–H and O–H groups in total. The van der Waals surface area contributed by atoms with E-state index in [0.29, 0.717) is 12.1 Å². The molecule has 2 nitrogen and oxygen atoms in total. The molecule has 0 amide bonds. The van der Waals surface area contributed by atoms with Gasteiger partial charge in [-0.15, -0.1) is 11.3 Å². The highest BCUT2D eigenvalue weighted by atomic mass is 32.1. The molecule has 18 heavy (non-hydrogen) atoms. The molecule has 1 aliphatic heterocycles. The van der Waals surface area contributed by atoms with Crippen molar-refractivity contribution in [3.05, 3.63) is 21.9 Å². The van der Waals surface area contributed by atoms with Crippen LogP contribution in [-0.4, -0.2) is 23.5 Å². The van der Waals surface area contributed by atoms with Crippen molar-refractivity contribution in [1.82, 2.24) is 4.90 Å². The minimum Gasteiger partial charge on any atom is -0.326 e. The predicted octanol–water partition coefficient (Wildman–Crippen LogP) is 3.57. The molecule has 4 unspecified atom stereocenters. The molecule has 0 saturated carbocycles. The van der Waals surface area contributed by atoms with Crippen molar-refractivity contribution in [2.45, 2.75) is 58.7 Å². The van der Waals surface area contributed by atoms with Gasteiger partial charge >= 0.3 is 0 Å². The molecule has 0 radical (unpaired) electrons. The molecule has 1 saturated heterocycles. The molecule has 0 aliphatic carbocycles. The van der Waals surface area contributed by atoms with E-state index in [2.05, 4.69) is 44.0 Å². The second kappa shape index (κ2) is 5.72. The van der Waals surface area contributed by atoms with Crippen LogP contribution >= 0.6 is 11.3 Å². The Kier molecular flexibility index (Phi) is 4.46. The summed E-state index contributed by atoms with van der Waals surface area (Å²) >= 11 is 1.87. The SMILES string of the molecule is CCC(N)C(c1sccc1C)N1CC(C)CC1C. The van der Waals surface area contributed by atoms with Gasteiger partial charge in [0.1, 0.15) is 0 Å². The average Bonchev–Trinajstić information content (AvgIpc) is 2.87. The van der Waals surface area contributed by atoms with Gasteiger partial charge in [-0.2, -0.15) is 0 Å². The second-order valence-corrected chi connectivity index (χ2v) is 6.82. The van der Waals surface area contributed by atoms with E-state index in [9.17, 15) is 0 Å². The highest BCUT2D eigenvalue weighted by Crippen LogP contribution is 2.37. The Morgan fingerprint density at radius 2 is 2.22 bits per heavy atom. The first-order valence-corrected chi connectivity index (χ1v) is 7.97. The van der Waals surface area contributed by atoms with E-state index < -0.39 is 0 Å². The summed E-state index contributed by atoms with van der Waals surface area (Å²) in [5.74, 6) is 0.798. The number of aryl methyl sites for hydroxylation is 1. The van der Waals surface area contributed by atoms with E-state index in [4.69, 9.17) is 5.73 Å². The molecule has 0 spiro atoms. The first-order chi connectivity index (χ1) is 8.54. The molecule has 1 aromatic rings. The van der Waals surface area contributed by atoms with Gasteiger partial charge in [-0.3, -0.25) is 4.90 Å². The van der Waals surface area contributed by atoms with Gasteiger partial charge in [0, 0.05) is 23.5 Å². The number of thiophene rings is 1. The van der Waals surface area contributed by atoms with Gasteiger partial charge in [0.2, 0.25) is 0 Å². The average molecular weight is 266 g/mol. The molecule has 4 atom stereocenters. The number of nitrogens with zero attached hydrogens (tertiary/aromatic N) is 1. The van der Waals surface area contributed by atoms with E-state index >= 15 is 0 Å². The van der Waals surface area contributed by atoms with Crippen molar-refractivity contribution in [2.24, 2.45) is 11.7 Å². The van der Waals surface area contributed by atoms with Crippen molar-refractivity contribution < 1.29 is 0 Å². The summed E-state index contributed by atoms with van der Waals surface area (Å²) < 4.78 is 0. The number of likely N-dealkylation sites (tertiary alicyclic amines) is 1. The van der Waals surface area contributed by atoms with E-state index in [1.54, 1.807) is 0 Å². The van der Waals surface area contributed by atoms with E-state index in [1.807, 2.05) is 11.3 Å². The van der Waals surface area contributed by atoms with Crippen molar-refractivity contribution in [3.63, 3.8) is 0 Å². The second-order valence-electron chi connectivity index (χ2n) is 5.87. The van der Waals surface area contributed by atoms with Crippen molar-refractivity contribution in [1.29, 1.82) is 0 Å². The van der Waals surface area contributed by atoms with Gasteiger partial charge in [-0.25, -0.2) is 0 Å². The Hall–Kier alpha value is -0.380. The topological polar surface area (TPSA) is 29.3 Å². The molecule has 3 heteroatoms. The molecule has 2 rings (SSSR count). The van der Waals surface area contributed by atoms with Crippen LogP contribution in [-0.2, 0) is 0 Å². The number of nitrogens with two attached hydrogens (primary N) is 1. The maximum absolute atomic E-state index is 6.43. The molecule has 1 aromatic heterocycles. The van der Waals surface area contributed by atoms with Crippen LogP contribution < -0.4 is 5.73 Å². The third-order valence-corrected chi connectivity index (χ3v) is 5.33. The van der Waals surface area contributed by atoms with Crippen LogP contribution in [0.1, 0.15) is 50.1 Å². The van der Waals surface area contributed by atoms with Gasteiger partial charge in [0.25, 0.3) is 0 Å². The lowest BCUT2D eigenvalue weighted by molar-refractivity contribution is 0.162. The Morgan fingerprint density at radius 1 is 1.50 bits per heavy atom. The van der Waals surface area contributed by atoms with Gasteiger partial charge < -0.3 is 5.73 Å². The van der Waals surface area contributed by atoms with E-state index in [-0.39, 0.29) is 6.04 Å². The summed E-state index contributed by atoms with van der Waals surface area (Å²) in [6.07, 6.45) is 2.34. The van der Waals surface area contributed by atoms with Crippen LogP contribution in [0.5, 0.6) is 0 Å². The molecule has 1 aliphatic rings. The maximum atomic E-state index is 6.43. The molecule has 2 heterocycles. The zero-order valence-corrected chi connectivity index (χ0v) is 12.8. The molecular weight excluding hydrogens is 240 g/mol. The standard InChI is InChI=1S/C15H26N2S/c1-5-13(16)14(15-11(3)6-7-18-15)17-9-10(2)8-12(17)4/h6-7,10,12-14H,5,8-9,16H2,1-4H3. The van der Waals surface area contributed by atoms with Crippen LogP contribution in [0.3, 0.4) is 0 Å². The maximum Gasteiger partial charge on any atom is 0.0598 e. The smallest absolute Gasteiger partial charge is 0.0598 e. The van der Waals surface area contributed by atoms with Crippen LogP contribution in [0.4, 0.5) is 0 Å². The highest BCUT2D eigenvalue weighted by Gasteiger charge is 2.36. The monoisotopic (exact) mass is 266 g/mol. The van der Waals surface area contributed by atoms with Crippen molar-refractivity contribution in [2.75, 3.05) is 6.54 Å². The van der Waals surface area contributed by atoms with Crippen molar-refractivity contribution >= 4 is 11.3 Å². The Balaban J connectivity index is 2.29. The summed E-state index contributed by atoms with van der Waals surface area (Å²) in [5, 5.41) is 2.20. The van der Waals surface area contributed by atoms with Crippen LogP contribution in [0.25, 0.3) is 0 Å². The Morgan fingerprint density at radius 3 is 2.67 bits per heavy atom. The minimum absolute atomic E-state index is 0.245. The summed E-state index contributed by atoms with van der Waals surface area (Å²) in [6.45, 7) is 10.3. The zero-order chi connectivity index (χ0) is 13.3. The van der Waals surface area contributed by atoms with E-state index in [1.165, 1.54) is 23.4 Å². The first-order valence-electron chi connectivity index (χ1n) is 7.09. The number of hydrogen-bond donors (Lipinski definition) is 1. The summed E-state index contributed by atoms with van der Waals surface area (Å²) in [5.41, 5.74) is 7.83. The van der Waals surface area contributed by atoms with Gasteiger partial charge in [0.05, 0.1) is 6.04 Å². The first kappa shape index (κ1) is 14.0. The minimum atomic E-state index is 0.245. The van der Waals surface area contributed by atoms with Crippen LogP contribution in [0.2, 0.25) is 0 Å². The predicted molar refractivity (Wildman–Crippen MR) is 80.0 cm³/mol. The van der Waals surface area contributed by atoms with Gasteiger partial charge in [0.15, 0.2) is 0 Å². The lowest BCUT2D eigenvalue weighted by Crippen LogP contribution is -2.42. The zero-order valence-electron chi connectivity index (χ0n) is 12.0. The fourth-order valence-electron chi connectivity index (χ4n) is 3.22. The fourth-order valence-corrected chi connectivity index (χ4v) is 4.34. The Labute approximate surface area is 115 Å². The molecular formula is C15H26N2S. The van der Waals surface area contributed by atoms with Crippen molar-refractivity contribution in [3.8, 4) is 0 Å². The van der Waals surface area contributed by atoms with Gasteiger partial charge in [-0.05, 0) is 49.6 Å². The number of rotatable bonds is 4. The highest BCUT2D eigenvalue weighted by molar-refractivity contribution is 7.10. The fraction of sp³-hybridized carbons (Fsp3) is 0.733. The number of hydrogen-bond acceptors (Lipinski definition) is 3. The molecule has 102 valence electrons.